The van der Waals surface area contributed by atoms with Crippen molar-refractivity contribution >= 4 is 27.7 Å². The number of rotatable bonds is 1. The van der Waals surface area contributed by atoms with Gasteiger partial charge in [0.1, 0.15) is 0 Å². The van der Waals surface area contributed by atoms with Gasteiger partial charge < -0.3 is 0 Å². The van der Waals surface area contributed by atoms with Crippen molar-refractivity contribution in [2.45, 2.75) is 6.92 Å². The Morgan fingerprint density at radius 3 is 2.73 bits per heavy atom. The van der Waals surface area contributed by atoms with Crippen molar-refractivity contribution in [3.05, 3.63) is 28.2 Å². The maximum absolute atomic E-state index is 9.89. The molecule has 0 aliphatic carbocycles. The number of halogens is 1. The maximum Gasteiger partial charge on any atom is 0.240 e. The SMILES string of the molecule is Cc1cc(Br)cc(N=C=O)c1. The van der Waals surface area contributed by atoms with Crippen molar-refractivity contribution in [1.82, 2.24) is 0 Å². The van der Waals surface area contributed by atoms with Gasteiger partial charge in [0.05, 0.1) is 5.69 Å². The van der Waals surface area contributed by atoms with Crippen LogP contribution in [0.25, 0.3) is 0 Å². The van der Waals surface area contributed by atoms with E-state index in [2.05, 4.69) is 20.9 Å². The van der Waals surface area contributed by atoms with E-state index in [1.807, 2.05) is 19.1 Å². The molecule has 0 aliphatic heterocycles. The smallest absolute Gasteiger partial charge is 0.211 e. The minimum atomic E-state index is 0.631. The molecule has 2 nitrogen and oxygen atoms in total. The van der Waals surface area contributed by atoms with Gasteiger partial charge in [-0.15, -0.1) is 0 Å². The minimum absolute atomic E-state index is 0.631. The fourth-order valence-electron chi connectivity index (χ4n) is 0.834. The Morgan fingerprint density at radius 2 is 2.18 bits per heavy atom. The number of aryl methyl sites for hydroxylation is 1. The predicted molar refractivity (Wildman–Crippen MR) is 46.7 cm³/mol. The zero-order valence-electron chi connectivity index (χ0n) is 5.97. The molecular weight excluding hydrogens is 206 g/mol. The summed E-state index contributed by atoms with van der Waals surface area (Å²) in [7, 11) is 0. The second-order valence-corrected chi connectivity index (χ2v) is 3.11. The Morgan fingerprint density at radius 1 is 1.45 bits per heavy atom. The van der Waals surface area contributed by atoms with Gasteiger partial charge in [0, 0.05) is 4.47 Å². The van der Waals surface area contributed by atoms with Crippen LogP contribution in [-0.2, 0) is 4.79 Å². The largest absolute Gasteiger partial charge is 0.240 e. The first-order chi connectivity index (χ1) is 5.22. The van der Waals surface area contributed by atoms with Crippen molar-refractivity contribution in [2.75, 3.05) is 0 Å². The highest BCUT2D eigenvalue weighted by atomic mass is 79.9. The van der Waals surface area contributed by atoms with Crippen LogP contribution in [0, 0.1) is 6.92 Å². The van der Waals surface area contributed by atoms with Crippen LogP contribution in [0.15, 0.2) is 27.7 Å². The molecule has 11 heavy (non-hydrogen) atoms. The first-order valence-electron chi connectivity index (χ1n) is 3.07. The molecule has 1 aromatic carbocycles. The first kappa shape index (κ1) is 8.18. The van der Waals surface area contributed by atoms with Crippen LogP contribution in [0.3, 0.4) is 0 Å². The van der Waals surface area contributed by atoms with Gasteiger partial charge >= 0.3 is 0 Å². The number of hydrogen-bond acceptors (Lipinski definition) is 2. The van der Waals surface area contributed by atoms with Gasteiger partial charge in [-0.25, -0.2) is 4.79 Å². The molecule has 0 atom stereocenters. The molecule has 0 saturated heterocycles. The summed E-state index contributed by atoms with van der Waals surface area (Å²) < 4.78 is 0.923. The quantitative estimate of drug-likeness (QED) is 0.519. The monoisotopic (exact) mass is 211 g/mol. The van der Waals surface area contributed by atoms with Gasteiger partial charge in [-0.1, -0.05) is 15.9 Å². The summed E-state index contributed by atoms with van der Waals surface area (Å²) in [5.41, 5.74) is 1.69. The van der Waals surface area contributed by atoms with Crippen molar-refractivity contribution < 1.29 is 4.79 Å². The van der Waals surface area contributed by atoms with Crippen LogP contribution in [0.4, 0.5) is 5.69 Å². The highest BCUT2D eigenvalue weighted by molar-refractivity contribution is 9.10. The fraction of sp³-hybridized carbons (Fsp3) is 0.125. The molecule has 0 spiro atoms. The second-order valence-electron chi connectivity index (χ2n) is 2.19. The van der Waals surface area contributed by atoms with Crippen LogP contribution in [-0.4, -0.2) is 6.08 Å². The zero-order valence-corrected chi connectivity index (χ0v) is 7.55. The predicted octanol–water partition coefficient (Wildman–Crippen LogP) is 2.72. The first-order valence-corrected chi connectivity index (χ1v) is 3.87. The Kier molecular flexibility index (Phi) is 2.58. The zero-order chi connectivity index (χ0) is 8.27. The number of benzene rings is 1. The fourth-order valence-corrected chi connectivity index (χ4v) is 1.43. The van der Waals surface area contributed by atoms with E-state index in [1.165, 1.54) is 6.08 Å². The molecule has 1 rings (SSSR count). The lowest BCUT2D eigenvalue weighted by molar-refractivity contribution is 0.565. The van der Waals surface area contributed by atoms with Gasteiger partial charge in [-0.3, -0.25) is 0 Å². The molecule has 0 heterocycles. The third-order valence-corrected chi connectivity index (χ3v) is 1.66. The highest BCUT2D eigenvalue weighted by Crippen LogP contribution is 2.20. The number of isocyanates is 1. The Labute approximate surface area is 73.1 Å². The number of carbonyl (C=O) groups excluding carboxylic acids is 1. The summed E-state index contributed by atoms with van der Waals surface area (Å²) in [5, 5.41) is 0. The van der Waals surface area contributed by atoms with Crippen molar-refractivity contribution in [1.29, 1.82) is 0 Å². The molecule has 0 aliphatic rings. The summed E-state index contributed by atoms with van der Waals surface area (Å²) in [6.45, 7) is 1.94. The molecule has 0 fully saturated rings. The van der Waals surface area contributed by atoms with Crippen molar-refractivity contribution in [3.63, 3.8) is 0 Å². The summed E-state index contributed by atoms with van der Waals surface area (Å²) in [5.74, 6) is 0. The van der Waals surface area contributed by atoms with Crippen molar-refractivity contribution in [2.24, 2.45) is 4.99 Å². The third-order valence-electron chi connectivity index (χ3n) is 1.20. The molecule has 0 saturated carbocycles. The molecule has 0 unspecified atom stereocenters. The standard InChI is InChI=1S/C8H6BrNO/c1-6-2-7(9)4-8(3-6)10-5-11/h2-4H,1H3. The van der Waals surface area contributed by atoms with E-state index >= 15 is 0 Å². The lowest BCUT2D eigenvalue weighted by Gasteiger charge is -1.95. The second kappa shape index (κ2) is 3.46. The molecule has 1 aromatic rings. The van der Waals surface area contributed by atoms with Gasteiger partial charge in [0.25, 0.3) is 0 Å². The maximum atomic E-state index is 9.89. The van der Waals surface area contributed by atoms with E-state index in [1.54, 1.807) is 6.07 Å². The molecular formula is C8H6BrNO. The van der Waals surface area contributed by atoms with E-state index in [4.69, 9.17) is 0 Å². The molecule has 3 heteroatoms. The van der Waals surface area contributed by atoms with E-state index in [0.717, 1.165) is 10.0 Å². The van der Waals surface area contributed by atoms with Gasteiger partial charge in [-0.05, 0) is 30.7 Å². The lowest BCUT2D eigenvalue weighted by atomic mass is 10.2. The third kappa shape index (κ3) is 2.30. The van der Waals surface area contributed by atoms with E-state index in [9.17, 15) is 4.79 Å². The molecule has 0 amide bonds. The van der Waals surface area contributed by atoms with Gasteiger partial charge in [-0.2, -0.15) is 4.99 Å². The Balaban J connectivity index is 3.18. The lowest BCUT2D eigenvalue weighted by Crippen LogP contribution is -1.71. The van der Waals surface area contributed by atoms with E-state index in [0.29, 0.717) is 5.69 Å². The molecule has 0 aromatic heterocycles. The Bertz CT molecular complexity index is 296. The summed E-state index contributed by atoms with van der Waals surface area (Å²) in [4.78, 5) is 13.4. The summed E-state index contributed by atoms with van der Waals surface area (Å²) >= 11 is 3.29. The molecule has 56 valence electrons. The number of nitrogens with zero attached hydrogens (tertiary/aromatic N) is 1. The average molecular weight is 212 g/mol. The average Bonchev–Trinajstić information content (AvgIpc) is 1.85. The van der Waals surface area contributed by atoms with Crippen LogP contribution in [0.1, 0.15) is 5.56 Å². The topological polar surface area (TPSA) is 29.4 Å². The summed E-state index contributed by atoms with van der Waals surface area (Å²) in [6.07, 6.45) is 1.49. The van der Waals surface area contributed by atoms with E-state index in [-0.39, 0.29) is 0 Å². The van der Waals surface area contributed by atoms with Crippen LogP contribution in [0.2, 0.25) is 0 Å². The van der Waals surface area contributed by atoms with E-state index < -0.39 is 0 Å². The molecule has 0 N–H and O–H groups in total. The van der Waals surface area contributed by atoms with Gasteiger partial charge in [0.15, 0.2) is 0 Å². The normalized spacial score (nSPS) is 8.91. The van der Waals surface area contributed by atoms with Gasteiger partial charge in [0.2, 0.25) is 6.08 Å². The number of aliphatic imine (C=N–C) groups is 1. The molecule has 0 bridgehead atoms. The van der Waals surface area contributed by atoms with Crippen LogP contribution >= 0.6 is 15.9 Å². The number of hydrogen-bond donors (Lipinski definition) is 0. The summed E-state index contributed by atoms with van der Waals surface area (Å²) in [6, 6.07) is 5.53. The molecule has 0 radical (unpaired) electrons. The van der Waals surface area contributed by atoms with Crippen LogP contribution < -0.4 is 0 Å². The Hall–Kier alpha value is -0.920. The van der Waals surface area contributed by atoms with Crippen LogP contribution in [0.5, 0.6) is 0 Å². The van der Waals surface area contributed by atoms with Crippen molar-refractivity contribution in [3.8, 4) is 0 Å². The highest BCUT2D eigenvalue weighted by Gasteiger charge is 1.93. The minimum Gasteiger partial charge on any atom is -0.211 e.